The highest BCUT2D eigenvalue weighted by Crippen LogP contribution is 2.31. The van der Waals surface area contributed by atoms with Crippen molar-refractivity contribution in [1.29, 1.82) is 0 Å². The number of aromatic nitrogens is 1. The second-order valence-electron chi connectivity index (χ2n) is 7.63. The van der Waals surface area contributed by atoms with Gasteiger partial charge in [-0.05, 0) is 57.4 Å². The van der Waals surface area contributed by atoms with Gasteiger partial charge < -0.3 is 4.74 Å². The highest BCUT2D eigenvalue weighted by atomic mass is 32.2. The molecule has 0 saturated heterocycles. The average molecular weight is 346 g/mol. The van der Waals surface area contributed by atoms with Gasteiger partial charge in [-0.25, -0.2) is 4.79 Å². The summed E-state index contributed by atoms with van der Waals surface area (Å²) in [4.78, 5) is 12.3. The van der Waals surface area contributed by atoms with Gasteiger partial charge in [-0.1, -0.05) is 25.3 Å². The first-order valence-electron chi connectivity index (χ1n) is 8.87. The topological polar surface area (TPSA) is 31.2 Å². The highest BCUT2D eigenvalue weighted by molar-refractivity contribution is 7.99. The van der Waals surface area contributed by atoms with Crippen LogP contribution in [0.3, 0.4) is 0 Å². The number of carbonyl (C=O) groups is 1. The number of ether oxygens (including phenoxy) is 1. The molecule has 1 heterocycles. The molecule has 1 fully saturated rings. The van der Waals surface area contributed by atoms with Gasteiger partial charge in [-0.15, -0.1) is 0 Å². The molecule has 1 aliphatic rings. The van der Waals surface area contributed by atoms with Gasteiger partial charge >= 0.3 is 6.09 Å². The number of benzene rings is 1. The van der Waals surface area contributed by atoms with Crippen LogP contribution in [0.5, 0.6) is 0 Å². The normalized spacial score (nSPS) is 16.5. The lowest BCUT2D eigenvalue weighted by Gasteiger charge is -2.21. The molecule has 0 unspecified atom stereocenters. The molecular weight excluding hydrogens is 318 g/mol. The van der Waals surface area contributed by atoms with Gasteiger partial charge in [0, 0.05) is 22.6 Å². The molecule has 4 heteroatoms. The number of thioether (sulfide) groups is 1. The largest absolute Gasteiger partial charge is 0.443 e. The van der Waals surface area contributed by atoms with Crippen LogP contribution >= 0.6 is 11.8 Å². The second-order valence-corrected chi connectivity index (χ2v) is 8.92. The van der Waals surface area contributed by atoms with Crippen LogP contribution in [0, 0.1) is 0 Å². The van der Waals surface area contributed by atoms with E-state index in [1.165, 1.54) is 37.7 Å². The van der Waals surface area contributed by atoms with Crippen molar-refractivity contribution in [1.82, 2.24) is 4.57 Å². The fourth-order valence-corrected chi connectivity index (χ4v) is 4.47. The summed E-state index contributed by atoms with van der Waals surface area (Å²) < 4.78 is 7.06. The molecule has 1 saturated carbocycles. The van der Waals surface area contributed by atoms with Gasteiger partial charge in [0.15, 0.2) is 0 Å². The zero-order valence-electron chi connectivity index (χ0n) is 14.9. The fourth-order valence-electron chi connectivity index (χ4n) is 3.20. The quantitative estimate of drug-likeness (QED) is 0.684. The molecule has 130 valence electrons. The number of carbonyl (C=O) groups excluding carboxylic acids is 1. The maximum atomic E-state index is 12.3. The van der Waals surface area contributed by atoms with Crippen LogP contribution in [-0.2, 0) is 10.5 Å². The van der Waals surface area contributed by atoms with E-state index in [0.29, 0.717) is 0 Å². The van der Waals surface area contributed by atoms with Crippen molar-refractivity contribution in [3.8, 4) is 0 Å². The summed E-state index contributed by atoms with van der Waals surface area (Å²) >= 11 is 2.08. The van der Waals surface area contributed by atoms with E-state index in [4.69, 9.17) is 4.74 Å². The van der Waals surface area contributed by atoms with Crippen LogP contribution in [0.2, 0.25) is 0 Å². The smallest absolute Gasteiger partial charge is 0.418 e. The van der Waals surface area contributed by atoms with E-state index in [1.807, 2.05) is 32.9 Å². The van der Waals surface area contributed by atoms with Gasteiger partial charge in [0.25, 0.3) is 0 Å². The minimum absolute atomic E-state index is 0.318. The first kappa shape index (κ1) is 17.4. The van der Waals surface area contributed by atoms with Crippen molar-refractivity contribution in [2.45, 2.75) is 69.5 Å². The SMILES string of the molecule is CC(C)(C)OC(=O)n1ccc2cc(CSC3CCCCC3)ccc21. The summed E-state index contributed by atoms with van der Waals surface area (Å²) in [6.45, 7) is 5.66. The zero-order chi connectivity index (χ0) is 17.2. The molecule has 1 aromatic heterocycles. The first-order valence-corrected chi connectivity index (χ1v) is 9.92. The Kier molecular flexibility index (Phi) is 5.24. The van der Waals surface area contributed by atoms with Gasteiger partial charge in [-0.3, -0.25) is 4.57 Å². The fraction of sp³-hybridized carbons (Fsp3) is 0.550. The van der Waals surface area contributed by atoms with Gasteiger partial charge in [0.1, 0.15) is 5.60 Å². The molecule has 0 amide bonds. The monoisotopic (exact) mass is 345 g/mol. The summed E-state index contributed by atoms with van der Waals surface area (Å²) in [5.41, 5.74) is 1.76. The van der Waals surface area contributed by atoms with Crippen molar-refractivity contribution < 1.29 is 9.53 Å². The van der Waals surface area contributed by atoms with Crippen molar-refractivity contribution in [2.24, 2.45) is 0 Å². The number of hydrogen-bond donors (Lipinski definition) is 0. The van der Waals surface area contributed by atoms with Crippen LogP contribution in [0.15, 0.2) is 30.5 Å². The highest BCUT2D eigenvalue weighted by Gasteiger charge is 2.19. The Bertz CT molecular complexity index is 708. The summed E-state index contributed by atoms with van der Waals surface area (Å²) in [5, 5.41) is 1.92. The van der Waals surface area contributed by atoms with Crippen LogP contribution < -0.4 is 0 Å². The lowest BCUT2D eigenvalue weighted by Crippen LogP contribution is -2.26. The molecule has 1 aliphatic carbocycles. The minimum Gasteiger partial charge on any atom is -0.443 e. The molecule has 0 radical (unpaired) electrons. The van der Waals surface area contributed by atoms with E-state index in [2.05, 4.69) is 23.9 Å². The number of hydrogen-bond acceptors (Lipinski definition) is 3. The lowest BCUT2D eigenvalue weighted by molar-refractivity contribution is 0.0544. The molecule has 24 heavy (non-hydrogen) atoms. The first-order chi connectivity index (χ1) is 11.4. The number of nitrogens with zero attached hydrogens (tertiary/aromatic N) is 1. The van der Waals surface area contributed by atoms with E-state index in [1.54, 1.807) is 10.8 Å². The molecule has 3 rings (SSSR count). The van der Waals surface area contributed by atoms with E-state index >= 15 is 0 Å². The third-order valence-corrected chi connectivity index (χ3v) is 5.83. The molecular formula is C20H27NO2S. The molecule has 0 spiro atoms. The van der Waals surface area contributed by atoms with Crippen molar-refractivity contribution in [3.05, 3.63) is 36.0 Å². The van der Waals surface area contributed by atoms with Crippen molar-refractivity contribution >= 4 is 28.8 Å². The van der Waals surface area contributed by atoms with Crippen molar-refractivity contribution in [3.63, 3.8) is 0 Å². The molecule has 3 nitrogen and oxygen atoms in total. The Balaban J connectivity index is 1.69. The van der Waals surface area contributed by atoms with E-state index in [0.717, 1.165) is 21.9 Å². The van der Waals surface area contributed by atoms with Gasteiger partial charge in [0.2, 0.25) is 0 Å². The zero-order valence-corrected chi connectivity index (χ0v) is 15.7. The van der Waals surface area contributed by atoms with Crippen LogP contribution in [0.25, 0.3) is 10.9 Å². The van der Waals surface area contributed by atoms with E-state index < -0.39 is 5.60 Å². The molecule has 0 N–H and O–H groups in total. The van der Waals surface area contributed by atoms with E-state index in [-0.39, 0.29) is 6.09 Å². The van der Waals surface area contributed by atoms with Crippen LogP contribution in [0.4, 0.5) is 4.79 Å². The van der Waals surface area contributed by atoms with Gasteiger partial charge in [-0.2, -0.15) is 11.8 Å². The van der Waals surface area contributed by atoms with Gasteiger partial charge in [0.05, 0.1) is 5.52 Å². The van der Waals surface area contributed by atoms with Crippen LogP contribution in [-0.4, -0.2) is 21.5 Å². The molecule has 0 aliphatic heterocycles. The minimum atomic E-state index is -0.482. The lowest BCUT2D eigenvalue weighted by atomic mass is 10.0. The third kappa shape index (κ3) is 4.35. The maximum Gasteiger partial charge on any atom is 0.418 e. The predicted octanol–water partition coefficient (Wildman–Crippen LogP) is 5.99. The summed E-state index contributed by atoms with van der Waals surface area (Å²) in [5.74, 6) is 1.05. The molecule has 1 aromatic carbocycles. The van der Waals surface area contributed by atoms with Crippen molar-refractivity contribution in [2.75, 3.05) is 0 Å². The average Bonchev–Trinajstić information content (AvgIpc) is 2.95. The Morgan fingerprint density at radius 1 is 1.21 bits per heavy atom. The Morgan fingerprint density at radius 2 is 1.96 bits per heavy atom. The molecule has 0 atom stereocenters. The second kappa shape index (κ2) is 7.22. The summed E-state index contributed by atoms with van der Waals surface area (Å²) in [6, 6.07) is 8.37. The number of rotatable bonds is 3. The molecule has 0 bridgehead atoms. The van der Waals surface area contributed by atoms with E-state index in [9.17, 15) is 4.79 Å². The van der Waals surface area contributed by atoms with Crippen LogP contribution in [0.1, 0.15) is 58.4 Å². The summed E-state index contributed by atoms with van der Waals surface area (Å²) in [7, 11) is 0. The Morgan fingerprint density at radius 3 is 2.67 bits per heavy atom. The number of fused-ring (bicyclic) bond motifs is 1. The third-order valence-electron chi connectivity index (χ3n) is 4.38. The Hall–Kier alpha value is -1.42. The predicted molar refractivity (Wildman–Crippen MR) is 102 cm³/mol. The Labute approximate surface area is 148 Å². The summed E-state index contributed by atoms with van der Waals surface area (Å²) in [6.07, 6.45) is 8.38. The standard InChI is InChI=1S/C20H27NO2S/c1-20(2,3)23-19(22)21-12-11-16-13-15(9-10-18(16)21)14-24-17-7-5-4-6-8-17/h9-13,17H,4-8,14H2,1-3H3. The molecule has 2 aromatic rings. The maximum absolute atomic E-state index is 12.3.